The topological polar surface area (TPSA) is 58.2 Å². The molecule has 3 amide bonds. The summed E-state index contributed by atoms with van der Waals surface area (Å²) < 4.78 is 38.9. The highest BCUT2D eigenvalue weighted by molar-refractivity contribution is 6.16. The molecule has 1 aliphatic rings. The van der Waals surface area contributed by atoms with Crippen LogP contribution in [0.2, 0.25) is 0 Å². The molecule has 2 N–H and O–H groups in total. The van der Waals surface area contributed by atoms with Crippen molar-refractivity contribution in [1.29, 1.82) is 0 Å². The molecule has 1 aromatic carbocycles. The van der Waals surface area contributed by atoms with E-state index < -0.39 is 29.4 Å². The quantitative estimate of drug-likeness (QED) is 0.594. The van der Waals surface area contributed by atoms with Gasteiger partial charge in [0, 0.05) is 0 Å². The maximum atomic E-state index is 13.0. The molecule has 1 heterocycles. The number of alkyl halides is 3. The Kier molecular flexibility index (Phi) is 2.82. The summed E-state index contributed by atoms with van der Waals surface area (Å²) in [6.45, 7) is 0. The maximum Gasteiger partial charge on any atom is 0.419 e. The second-order valence-corrected chi connectivity index (χ2v) is 3.52. The summed E-state index contributed by atoms with van der Waals surface area (Å²) in [6, 6.07) is 5.84. The second kappa shape index (κ2) is 4.17. The van der Waals surface area contributed by atoms with Crippen LogP contribution in [-0.4, -0.2) is 18.1 Å². The standard InChI is InChI=1S/C11H7F3N2O2/c12-11(13,14)7(6-4-2-1-3-5-6)8-9(17)16-10(18)15-8/h1-5H,(H2,15,16,17,18)/b8-7-. The van der Waals surface area contributed by atoms with E-state index in [1.807, 2.05) is 5.32 Å². The average Bonchev–Trinajstić information content (AvgIpc) is 2.58. The summed E-state index contributed by atoms with van der Waals surface area (Å²) in [4.78, 5) is 22.2. The van der Waals surface area contributed by atoms with Gasteiger partial charge in [0.05, 0.1) is 5.57 Å². The van der Waals surface area contributed by atoms with E-state index in [-0.39, 0.29) is 5.56 Å². The van der Waals surface area contributed by atoms with E-state index in [0.717, 1.165) is 0 Å². The lowest BCUT2D eigenvalue weighted by molar-refractivity contribution is -0.116. The summed E-state index contributed by atoms with van der Waals surface area (Å²) in [7, 11) is 0. The van der Waals surface area contributed by atoms with Gasteiger partial charge < -0.3 is 5.32 Å². The van der Waals surface area contributed by atoms with Crippen molar-refractivity contribution in [2.45, 2.75) is 6.18 Å². The highest BCUT2D eigenvalue weighted by Gasteiger charge is 2.41. The molecule has 7 heteroatoms. The SMILES string of the molecule is O=C1NC(=O)/C(=C(\c2ccccc2)C(F)(F)F)N1. The molecule has 2 rings (SSSR count). The summed E-state index contributed by atoms with van der Waals surface area (Å²) in [5.74, 6) is -1.09. The summed E-state index contributed by atoms with van der Waals surface area (Å²) in [5.41, 5.74) is -2.12. The first kappa shape index (κ1) is 12.2. The lowest BCUT2D eigenvalue weighted by Gasteiger charge is -2.13. The van der Waals surface area contributed by atoms with E-state index >= 15 is 0 Å². The van der Waals surface area contributed by atoms with Crippen molar-refractivity contribution in [3.8, 4) is 0 Å². The molecule has 0 bridgehead atoms. The molecule has 0 radical (unpaired) electrons. The molecular weight excluding hydrogens is 249 g/mol. The fourth-order valence-corrected chi connectivity index (χ4v) is 1.60. The minimum Gasteiger partial charge on any atom is -0.302 e. The minimum atomic E-state index is -4.74. The number of halogens is 3. The number of rotatable bonds is 1. The number of hydrogen-bond acceptors (Lipinski definition) is 2. The van der Waals surface area contributed by atoms with Crippen molar-refractivity contribution in [3.05, 3.63) is 41.6 Å². The number of carbonyl (C=O) groups excluding carboxylic acids is 2. The third-order valence-electron chi connectivity index (χ3n) is 2.29. The zero-order chi connectivity index (χ0) is 13.3. The first-order valence-corrected chi connectivity index (χ1v) is 4.89. The molecule has 4 nitrogen and oxygen atoms in total. The van der Waals surface area contributed by atoms with Gasteiger partial charge in [0.1, 0.15) is 5.70 Å². The van der Waals surface area contributed by atoms with Crippen LogP contribution in [0.5, 0.6) is 0 Å². The number of benzene rings is 1. The monoisotopic (exact) mass is 256 g/mol. The number of urea groups is 1. The Morgan fingerprint density at radius 1 is 1.00 bits per heavy atom. The van der Waals surface area contributed by atoms with E-state index in [1.165, 1.54) is 24.3 Å². The van der Waals surface area contributed by atoms with Gasteiger partial charge in [0.15, 0.2) is 0 Å². The van der Waals surface area contributed by atoms with Crippen molar-refractivity contribution in [1.82, 2.24) is 10.6 Å². The van der Waals surface area contributed by atoms with Crippen LogP contribution in [0.15, 0.2) is 36.0 Å². The predicted molar refractivity (Wildman–Crippen MR) is 56.1 cm³/mol. The Morgan fingerprint density at radius 3 is 2.06 bits per heavy atom. The van der Waals surface area contributed by atoms with Gasteiger partial charge in [0.2, 0.25) is 0 Å². The summed E-state index contributed by atoms with van der Waals surface area (Å²) in [5, 5.41) is 3.61. The Balaban J connectivity index is 2.61. The maximum absolute atomic E-state index is 13.0. The van der Waals surface area contributed by atoms with Crippen molar-refractivity contribution < 1.29 is 22.8 Å². The average molecular weight is 256 g/mol. The third kappa shape index (κ3) is 2.20. The van der Waals surface area contributed by atoms with Crippen molar-refractivity contribution in [3.63, 3.8) is 0 Å². The van der Waals surface area contributed by atoms with Crippen LogP contribution in [0, 0.1) is 0 Å². The number of carbonyl (C=O) groups is 2. The van der Waals surface area contributed by atoms with Gasteiger partial charge in [0.25, 0.3) is 5.91 Å². The van der Waals surface area contributed by atoms with Crippen LogP contribution in [0.4, 0.5) is 18.0 Å². The smallest absolute Gasteiger partial charge is 0.302 e. The van der Waals surface area contributed by atoms with Crippen molar-refractivity contribution in [2.24, 2.45) is 0 Å². The van der Waals surface area contributed by atoms with Crippen LogP contribution in [-0.2, 0) is 4.79 Å². The van der Waals surface area contributed by atoms with Gasteiger partial charge in [-0.1, -0.05) is 30.3 Å². The summed E-state index contributed by atoms with van der Waals surface area (Å²) >= 11 is 0. The number of amides is 3. The molecule has 1 saturated heterocycles. The molecule has 0 aromatic heterocycles. The van der Waals surface area contributed by atoms with Crippen LogP contribution in [0.3, 0.4) is 0 Å². The van der Waals surface area contributed by atoms with Gasteiger partial charge in [-0.3, -0.25) is 10.1 Å². The Morgan fingerprint density at radius 2 is 1.61 bits per heavy atom. The van der Waals surface area contributed by atoms with Crippen LogP contribution in [0.1, 0.15) is 5.56 Å². The molecule has 1 aliphatic heterocycles. The molecule has 0 spiro atoms. The third-order valence-corrected chi connectivity index (χ3v) is 2.29. The van der Waals surface area contributed by atoms with E-state index in [4.69, 9.17) is 0 Å². The Hall–Kier alpha value is -2.31. The predicted octanol–water partition coefficient (Wildman–Crippen LogP) is 1.80. The fraction of sp³-hybridized carbons (Fsp3) is 0.0909. The molecule has 0 unspecified atom stereocenters. The van der Waals surface area contributed by atoms with E-state index in [2.05, 4.69) is 0 Å². The number of allylic oxidation sites excluding steroid dienone is 1. The summed E-state index contributed by atoms with van der Waals surface area (Å²) in [6.07, 6.45) is -4.74. The zero-order valence-corrected chi connectivity index (χ0v) is 8.84. The largest absolute Gasteiger partial charge is 0.419 e. The first-order valence-electron chi connectivity index (χ1n) is 4.89. The lowest BCUT2D eigenvalue weighted by atomic mass is 10.0. The number of hydrogen-bond donors (Lipinski definition) is 2. The Bertz CT molecular complexity index is 535. The molecule has 1 fully saturated rings. The zero-order valence-electron chi connectivity index (χ0n) is 8.84. The van der Waals surface area contributed by atoms with Gasteiger partial charge in [-0.05, 0) is 5.56 Å². The van der Waals surface area contributed by atoms with E-state index in [0.29, 0.717) is 0 Å². The molecule has 0 saturated carbocycles. The normalized spacial score (nSPS) is 18.4. The lowest BCUT2D eigenvalue weighted by Crippen LogP contribution is -2.22. The molecule has 1 aromatic rings. The van der Waals surface area contributed by atoms with E-state index in [9.17, 15) is 22.8 Å². The van der Waals surface area contributed by atoms with Crippen molar-refractivity contribution >= 4 is 17.5 Å². The number of imide groups is 1. The first-order chi connectivity index (χ1) is 8.39. The molecular formula is C11H7F3N2O2. The molecule has 18 heavy (non-hydrogen) atoms. The highest BCUT2D eigenvalue weighted by atomic mass is 19.4. The molecule has 94 valence electrons. The minimum absolute atomic E-state index is 0.183. The number of nitrogens with one attached hydrogen (secondary N) is 2. The van der Waals surface area contributed by atoms with E-state index in [1.54, 1.807) is 11.4 Å². The van der Waals surface area contributed by atoms with Gasteiger partial charge in [-0.15, -0.1) is 0 Å². The van der Waals surface area contributed by atoms with Gasteiger partial charge in [-0.25, -0.2) is 4.79 Å². The van der Waals surface area contributed by atoms with Crippen LogP contribution >= 0.6 is 0 Å². The van der Waals surface area contributed by atoms with Gasteiger partial charge in [-0.2, -0.15) is 13.2 Å². The van der Waals surface area contributed by atoms with Crippen molar-refractivity contribution in [2.75, 3.05) is 0 Å². The highest BCUT2D eigenvalue weighted by Crippen LogP contribution is 2.36. The Labute approximate surface area is 99.5 Å². The second-order valence-electron chi connectivity index (χ2n) is 3.52. The van der Waals surface area contributed by atoms with Crippen LogP contribution < -0.4 is 10.6 Å². The van der Waals surface area contributed by atoms with Crippen LogP contribution in [0.25, 0.3) is 5.57 Å². The van der Waals surface area contributed by atoms with Gasteiger partial charge >= 0.3 is 12.2 Å². The molecule has 0 aliphatic carbocycles. The fourth-order valence-electron chi connectivity index (χ4n) is 1.60. The molecule has 0 atom stereocenters.